The SMILES string of the molecule is CCSCC(=O)NCC(=O)O. The van der Waals surface area contributed by atoms with E-state index in [1.54, 1.807) is 0 Å². The Bertz CT molecular complexity index is 149. The molecule has 64 valence electrons. The van der Waals surface area contributed by atoms with Crippen molar-refractivity contribution in [2.24, 2.45) is 0 Å². The third-order valence-corrected chi connectivity index (χ3v) is 1.75. The molecule has 4 nitrogen and oxygen atoms in total. The maximum absolute atomic E-state index is 10.7. The van der Waals surface area contributed by atoms with Gasteiger partial charge in [-0.1, -0.05) is 6.92 Å². The molecule has 0 aliphatic rings. The lowest BCUT2D eigenvalue weighted by atomic mass is 10.6. The summed E-state index contributed by atoms with van der Waals surface area (Å²) in [7, 11) is 0. The average Bonchev–Trinajstić information content (AvgIpc) is 1.97. The highest BCUT2D eigenvalue weighted by Gasteiger charge is 2.01. The Hall–Kier alpha value is -0.710. The van der Waals surface area contributed by atoms with Gasteiger partial charge in [0.15, 0.2) is 0 Å². The van der Waals surface area contributed by atoms with Crippen LogP contribution in [0.2, 0.25) is 0 Å². The van der Waals surface area contributed by atoms with Gasteiger partial charge >= 0.3 is 5.97 Å². The first-order chi connectivity index (χ1) is 5.16. The van der Waals surface area contributed by atoms with Crippen LogP contribution in [0.15, 0.2) is 0 Å². The largest absolute Gasteiger partial charge is 0.480 e. The van der Waals surface area contributed by atoms with E-state index in [2.05, 4.69) is 5.32 Å². The van der Waals surface area contributed by atoms with Crippen LogP contribution in [0, 0.1) is 0 Å². The zero-order valence-electron chi connectivity index (χ0n) is 6.29. The van der Waals surface area contributed by atoms with Gasteiger partial charge in [0, 0.05) is 0 Å². The number of carbonyl (C=O) groups is 2. The number of hydrogen-bond donors (Lipinski definition) is 2. The van der Waals surface area contributed by atoms with Gasteiger partial charge in [0.1, 0.15) is 6.54 Å². The Kier molecular flexibility index (Phi) is 5.64. The summed E-state index contributed by atoms with van der Waals surface area (Å²) >= 11 is 1.46. The molecule has 0 aromatic heterocycles. The van der Waals surface area contributed by atoms with E-state index in [9.17, 15) is 9.59 Å². The van der Waals surface area contributed by atoms with Crippen molar-refractivity contribution in [1.82, 2.24) is 5.32 Å². The summed E-state index contributed by atoms with van der Waals surface area (Å²) in [5.41, 5.74) is 0. The minimum absolute atomic E-state index is 0.223. The fraction of sp³-hybridized carbons (Fsp3) is 0.667. The van der Waals surface area contributed by atoms with Crippen LogP contribution in [-0.2, 0) is 9.59 Å². The minimum atomic E-state index is -1.01. The Labute approximate surface area is 69.4 Å². The first kappa shape index (κ1) is 10.3. The maximum Gasteiger partial charge on any atom is 0.322 e. The van der Waals surface area contributed by atoms with Crippen LogP contribution in [0.4, 0.5) is 0 Å². The molecule has 11 heavy (non-hydrogen) atoms. The van der Waals surface area contributed by atoms with E-state index in [1.165, 1.54) is 11.8 Å². The summed E-state index contributed by atoms with van der Waals surface area (Å²) in [4.78, 5) is 20.7. The molecule has 0 rings (SSSR count). The van der Waals surface area contributed by atoms with Crippen molar-refractivity contribution in [3.05, 3.63) is 0 Å². The molecule has 0 saturated carbocycles. The molecule has 0 aromatic rings. The number of hydrogen-bond acceptors (Lipinski definition) is 3. The lowest BCUT2D eigenvalue weighted by Crippen LogP contribution is -2.30. The van der Waals surface area contributed by atoms with Crippen molar-refractivity contribution >= 4 is 23.6 Å². The summed E-state index contributed by atoms with van der Waals surface area (Å²) in [6.45, 7) is 1.65. The summed E-state index contributed by atoms with van der Waals surface area (Å²) in [6, 6.07) is 0. The van der Waals surface area contributed by atoms with Crippen LogP contribution in [0.1, 0.15) is 6.92 Å². The van der Waals surface area contributed by atoms with Gasteiger partial charge in [0.25, 0.3) is 0 Å². The zero-order chi connectivity index (χ0) is 8.69. The molecule has 0 radical (unpaired) electrons. The Balaban J connectivity index is 3.30. The van der Waals surface area contributed by atoms with E-state index < -0.39 is 5.97 Å². The maximum atomic E-state index is 10.7. The van der Waals surface area contributed by atoms with E-state index in [0.717, 1.165) is 5.75 Å². The van der Waals surface area contributed by atoms with Gasteiger partial charge in [-0.05, 0) is 5.75 Å². The number of nitrogens with one attached hydrogen (secondary N) is 1. The lowest BCUT2D eigenvalue weighted by Gasteiger charge is -1.99. The van der Waals surface area contributed by atoms with Crippen molar-refractivity contribution in [3.8, 4) is 0 Å². The van der Waals surface area contributed by atoms with E-state index in [4.69, 9.17) is 5.11 Å². The van der Waals surface area contributed by atoms with Gasteiger partial charge in [-0.25, -0.2) is 0 Å². The van der Waals surface area contributed by atoms with Crippen molar-refractivity contribution in [3.63, 3.8) is 0 Å². The monoisotopic (exact) mass is 177 g/mol. The predicted octanol–water partition coefficient (Wildman–Crippen LogP) is -0.0597. The van der Waals surface area contributed by atoms with Gasteiger partial charge in [0.2, 0.25) is 5.91 Å². The van der Waals surface area contributed by atoms with Gasteiger partial charge in [-0.3, -0.25) is 9.59 Å². The molecule has 0 heterocycles. The summed E-state index contributed by atoms with van der Waals surface area (Å²) in [5.74, 6) is -0.0383. The molecule has 5 heteroatoms. The fourth-order valence-corrected chi connectivity index (χ4v) is 0.912. The van der Waals surface area contributed by atoms with E-state index >= 15 is 0 Å². The van der Waals surface area contributed by atoms with Crippen LogP contribution in [0.25, 0.3) is 0 Å². The number of carboxylic acid groups (broad SMARTS) is 1. The highest BCUT2D eigenvalue weighted by atomic mass is 32.2. The quantitative estimate of drug-likeness (QED) is 0.617. The number of carboxylic acids is 1. The molecular formula is C6H11NO3S. The Morgan fingerprint density at radius 2 is 2.18 bits per heavy atom. The zero-order valence-corrected chi connectivity index (χ0v) is 7.11. The molecule has 0 fully saturated rings. The van der Waals surface area contributed by atoms with E-state index in [-0.39, 0.29) is 12.5 Å². The smallest absolute Gasteiger partial charge is 0.322 e. The second-order valence-corrected chi connectivity index (χ2v) is 3.08. The van der Waals surface area contributed by atoms with E-state index in [0.29, 0.717) is 5.75 Å². The molecule has 0 bridgehead atoms. The molecule has 1 amide bonds. The summed E-state index contributed by atoms with van der Waals surface area (Å²) < 4.78 is 0. The summed E-state index contributed by atoms with van der Waals surface area (Å²) in [5, 5.41) is 10.4. The predicted molar refractivity (Wildman–Crippen MR) is 43.6 cm³/mol. The van der Waals surface area contributed by atoms with Crippen molar-refractivity contribution in [1.29, 1.82) is 0 Å². The fourth-order valence-electron chi connectivity index (χ4n) is 0.420. The standard InChI is InChI=1S/C6H11NO3S/c1-2-11-4-5(8)7-3-6(9)10/h2-4H2,1H3,(H,7,8)(H,9,10). The van der Waals surface area contributed by atoms with Gasteiger partial charge in [-0.15, -0.1) is 0 Å². The van der Waals surface area contributed by atoms with Crippen LogP contribution in [0.3, 0.4) is 0 Å². The van der Waals surface area contributed by atoms with Gasteiger partial charge < -0.3 is 10.4 Å². The van der Waals surface area contributed by atoms with E-state index in [1.807, 2.05) is 6.92 Å². The molecule has 0 unspecified atom stereocenters. The van der Waals surface area contributed by atoms with Crippen molar-refractivity contribution < 1.29 is 14.7 Å². The lowest BCUT2D eigenvalue weighted by molar-refractivity contribution is -0.137. The molecule has 0 saturated heterocycles. The summed E-state index contributed by atoms with van der Waals surface area (Å²) in [6.07, 6.45) is 0. The van der Waals surface area contributed by atoms with Crippen LogP contribution < -0.4 is 5.32 Å². The number of carbonyl (C=O) groups excluding carboxylic acids is 1. The Morgan fingerprint density at radius 3 is 2.64 bits per heavy atom. The first-order valence-electron chi connectivity index (χ1n) is 3.23. The highest BCUT2D eigenvalue weighted by Crippen LogP contribution is 1.95. The highest BCUT2D eigenvalue weighted by molar-refractivity contribution is 7.99. The molecule has 2 N–H and O–H groups in total. The number of thioether (sulfide) groups is 1. The van der Waals surface area contributed by atoms with Crippen molar-refractivity contribution in [2.75, 3.05) is 18.1 Å². The Morgan fingerprint density at radius 1 is 1.55 bits per heavy atom. The third-order valence-electron chi connectivity index (χ3n) is 0.874. The molecule has 0 aliphatic heterocycles. The average molecular weight is 177 g/mol. The van der Waals surface area contributed by atoms with Crippen molar-refractivity contribution in [2.45, 2.75) is 6.92 Å². The van der Waals surface area contributed by atoms with Gasteiger partial charge in [0.05, 0.1) is 5.75 Å². The first-order valence-corrected chi connectivity index (χ1v) is 4.38. The number of rotatable bonds is 5. The molecule has 0 aliphatic carbocycles. The molecular weight excluding hydrogens is 166 g/mol. The molecule has 0 aromatic carbocycles. The minimum Gasteiger partial charge on any atom is -0.480 e. The number of amides is 1. The number of aliphatic carboxylic acids is 1. The van der Waals surface area contributed by atoms with Crippen LogP contribution >= 0.6 is 11.8 Å². The topological polar surface area (TPSA) is 66.4 Å². The van der Waals surface area contributed by atoms with Gasteiger partial charge in [-0.2, -0.15) is 11.8 Å². The second kappa shape index (κ2) is 6.03. The molecule has 0 spiro atoms. The van der Waals surface area contributed by atoms with Crippen LogP contribution in [0.5, 0.6) is 0 Å². The second-order valence-electron chi connectivity index (χ2n) is 1.81. The molecule has 0 atom stereocenters. The van der Waals surface area contributed by atoms with Crippen LogP contribution in [-0.4, -0.2) is 35.0 Å². The third kappa shape index (κ3) is 7.18. The normalized spacial score (nSPS) is 9.18.